The van der Waals surface area contributed by atoms with Crippen LogP contribution in [-0.4, -0.2) is 68.0 Å². The van der Waals surface area contributed by atoms with E-state index in [1.807, 2.05) is 0 Å². The lowest BCUT2D eigenvalue weighted by molar-refractivity contribution is -0.139. The Morgan fingerprint density at radius 2 is 2.08 bits per heavy atom. The molecule has 25 heavy (non-hydrogen) atoms. The maximum absolute atomic E-state index is 12.3. The van der Waals surface area contributed by atoms with Crippen molar-refractivity contribution in [1.82, 2.24) is 20.4 Å². The minimum atomic E-state index is 0.325. The van der Waals surface area contributed by atoms with Crippen LogP contribution in [0.25, 0.3) is 0 Å². The molecule has 1 saturated heterocycles. The zero-order valence-corrected chi connectivity index (χ0v) is 15.9. The molecule has 3 rings (SSSR count). The number of carbonyl (C=O) groups is 1. The smallest absolute Gasteiger partial charge is 0.225 e. The van der Waals surface area contributed by atoms with Crippen molar-refractivity contribution in [1.29, 1.82) is 0 Å². The van der Waals surface area contributed by atoms with E-state index in [-0.39, 0.29) is 0 Å². The van der Waals surface area contributed by atoms with E-state index < -0.39 is 0 Å². The molecule has 1 amide bonds. The van der Waals surface area contributed by atoms with Crippen LogP contribution < -0.4 is 10.6 Å². The van der Waals surface area contributed by atoms with Gasteiger partial charge in [-0.25, -0.2) is 0 Å². The van der Waals surface area contributed by atoms with Crippen molar-refractivity contribution < 1.29 is 4.79 Å². The van der Waals surface area contributed by atoms with E-state index in [1.165, 1.54) is 12.0 Å². The van der Waals surface area contributed by atoms with Crippen LogP contribution in [0.3, 0.4) is 0 Å². The number of nitrogens with one attached hydrogen (secondary N) is 2. The lowest BCUT2D eigenvalue weighted by Gasteiger charge is -2.38. The number of rotatable bonds is 6. The van der Waals surface area contributed by atoms with Crippen molar-refractivity contribution >= 4 is 23.2 Å². The molecular formula is C18H29N5OS. The summed E-state index contributed by atoms with van der Waals surface area (Å²) in [6, 6.07) is 2.12. The molecule has 2 aliphatic rings. The Balaban J connectivity index is 1.30. The predicted octanol–water partition coefficient (Wildman–Crippen LogP) is 1.36. The van der Waals surface area contributed by atoms with Gasteiger partial charge in [0.1, 0.15) is 0 Å². The van der Waals surface area contributed by atoms with Gasteiger partial charge in [0.15, 0.2) is 5.96 Å². The molecule has 1 saturated carbocycles. The largest absolute Gasteiger partial charge is 0.355 e. The first-order valence-corrected chi connectivity index (χ1v) is 10.2. The molecule has 0 spiro atoms. The first-order chi connectivity index (χ1) is 12.3. The molecule has 0 unspecified atom stereocenters. The third-order valence-electron chi connectivity index (χ3n) is 5.12. The van der Waals surface area contributed by atoms with Crippen LogP contribution in [0, 0.1) is 5.92 Å². The quantitative estimate of drug-likeness (QED) is 0.592. The molecule has 1 aliphatic heterocycles. The Morgan fingerprint density at radius 3 is 2.68 bits per heavy atom. The van der Waals surface area contributed by atoms with Crippen molar-refractivity contribution in [2.45, 2.75) is 25.8 Å². The van der Waals surface area contributed by atoms with Gasteiger partial charge in [0.05, 0.1) is 0 Å². The topological polar surface area (TPSA) is 60.0 Å². The number of guanidine groups is 1. The van der Waals surface area contributed by atoms with Gasteiger partial charge in [-0.15, -0.1) is 0 Å². The van der Waals surface area contributed by atoms with Crippen LogP contribution in [0.15, 0.2) is 21.8 Å². The number of aliphatic imine (C=N–C) groups is 1. The Labute approximate surface area is 154 Å². The highest BCUT2D eigenvalue weighted by atomic mass is 32.1. The van der Waals surface area contributed by atoms with Crippen molar-refractivity contribution in [2.75, 3.05) is 46.3 Å². The first kappa shape index (κ1) is 18.2. The zero-order chi connectivity index (χ0) is 17.5. The van der Waals surface area contributed by atoms with Crippen molar-refractivity contribution in [3.8, 4) is 0 Å². The molecule has 1 aromatic rings. The summed E-state index contributed by atoms with van der Waals surface area (Å²) in [4.78, 5) is 21.0. The van der Waals surface area contributed by atoms with Crippen LogP contribution in [0.5, 0.6) is 0 Å². The summed E-state index contributed by atoms with van der Waals surface area (Å²) < 4.78 is 0. The van der Waals surface area contributed by atoms with Gasteiger partial charge in [0.25, 0.3) is 0 Å². The minimum absolute atomic E-state index is 0.325. The van der Waals surface area contributed by atoms with E-state index >= 15 is 0 Å². The summed E-state index contributed by atoms with van der Waals surface area (Å²) in [6.07, 6.45) is 3.42. The maximum Gasteiger partial charge on any atom is 0.225 e. The normalized spacial score (nSPS) is 19.6. The molecule has 1 aliphatic carbocycles. The van der Waals surface area contributed by atoms with E-state index in [2.05, 4.69) is 42.3 Å². The third kappa shape index (κ3) is 5.19. The second-order valence-electron chi connectivity index (χ2n) is 6.78. The van der Waals surface area contributed by atoms with E-state index in [9.17, 15) is 4.79 Å². The molecule has 6 nitrogen and oxygen atoms in total. The Bertz CT molecular complexity index is 562. The van der Waals surface area contributed by atoms with Gasteiger partial charge in [0.2, 0.25) is 5.91 Å². The highest BCUT2D eigenvalue weighted by molar-refractivity contribution is 7.07. The predicted molar refractivity (Wildman–Crippen MR) is 103 cm³/mol. The number of carbonyl (C=O) groups excluding carboxylic acids is 1. The highest BCUT2D eigenvalue weighted by Gasteiger charge is 2.30. The zero-order valence-electron chi connectivity index (χ0n) is 15.0. The molecule has 0 atom stereocenters. The first-order valence-electron chi connectivity index (χ1n) is 9.23. The number of nitrogens with zero attached hydrogens (tertiary/aromatic N) is 3. The summed E-state index contributed by atoms with van der Waals surface area (Å²) in [5.41, 5.74) is 1.28. The van der Waals surface area contributed by atoms with Crippen molar-refractivity contribution in [3.05, 3.63) is 22.4 Å². The van der Waals surface area contributed by atoms with E-state index in [0.717, 1.165) is 64.6 Å². The number of amides is 1. The number of hydrogen-bond acceptors (Lipinski definition) is 4. The molecule has 1 aromatic heterocycles. The lowest BCUT2D eigenvalue weighted by atomic mass is 9.84. The monoisotopic (exact) mass is 363 g/mol. The summed E-state index contributed by atoms with van der Waals surface area (Å²) in [5, 5.41) is 10.9. The molecular weight excluding hydrogens is 334 g/mol. The Kier molecular flexibility index (Phi) is 6.69. The summed E-state index contributed by atoms with van der Waals surface area (Å²) in [6.45, 7) is 6.33. The Morgan fingerprint density at radius 1 is 1.28 bits per heavy atom. The van der Waals surface area contributed by atoms with Gasteiger partial charge >= 0.3 is 0 Å². The molecule has 2 N–H and O–H groups in total. The minimum Gasteiger partial charge on any atom is -0.355 e. The van der Waals surface area contributed by atoms with Gasteiger partial charge in [-0.1, -0.05) is 6.42 Å². The Hall–Kier alpha value is -1.60. The molecule has 7 heteroatoms. The fraction of sp³-hybridized carbons (Fsp3) is 0.667. The summed E-state index contributed by atoms with van der Waals surface area (Å²) in [7, 11) is 1.80. The number of hydrogen-bond donors (Lipinski definition) is 2. The standard InChI is InChI=1S/C18H29N5OS/c1-19-18(21-13-15-5-12-25-14-15)20-6-7-22-8-10-23(11-9-22)17(24)16-3-2-4-16/h5,12,14,16H,2-4,6-11,13H2,1H3,(H2,19,20,21). The molecule has 0 radical (unpaired) electrons. The van der Waals surface area contributed by atoms with Crippen LogP contribution in [-0.2, 0) is 11.3 Å². The summed E-state index contributed by atoms with van der Waals surface area (Å²) in [5.74, 6) is 1.55. The average molecular weight is 364 g/mol. The molecule has 2 heterocycles. The SMILES string of the molecule is CN=C(NCCN1CCN(C(=O)C2CCC2)CC1)NCc1ccsc1. The fourth-order valence-electron chi connectivity index (χ4n) is 3.24. The van der Waals surface area contributed by atoms with Crippen LogP contribution in [0.4, 0.5) is 0 Å². The summed E-state index contributed by atoms with van der Waals surface area (Å²) >= 11 is 1.71. The average Bonchev–Trinajstić information content (AvgIpc) is 3.10. The van der Waals surface area contributed by atoms with Gasteiger partial charge in [-0.2, -0.15) is 11.3 Å². The van der Waals surface area contributed by atoms with Crippen LogP contribution in [0.1, 0.15) is 24.8 Å². The van der Waals surface area contributed by atoms with Gasteiger partial charge < -0.3 is 15.5 Å². The van der Waals surface area contributed by atoms with Crippen molar-refractivity contribution in [3.63, 3.8) is 0 Å². The van der Waals surface area contributed by atoms with Crippen LogP contribution >= 0.6 is 11.3 Å². The second kappa shape index (κ2) is 9.20. The van der Waals surface area contributed by atoms with Crippen LogP contribution in [0.2, 0.25) is 0 Å². The molecule has 2 fully saturated rings. The van der Waals surface area contributed by atoms with Gasteiger partial charge in [0, 0.05) is 58.8 Å². The van der Waals surface area contributed by atoms with E-state index in [0.29, 0.717) is 11.8 Å². The number of piperazine rings is 1. The molecule has 0 bridgehead atoms. The van der Waals surface area contributed by atoms with Gasteiger partial charge in [-0.05, 0) is 35.2 Å². The van der Waals surface area contributed by atoms with E-state index in [4.69, 9.17) is 0 Å². The highest BCUT2D eigenvalue weighted by Crippen LogP contribution is 2.28. The van der Waals surface area contributed by atoms with Crippen molar-refractivity contribution in [2.24, 2.45) is 10.9 Å². The third-order valence-corrected chi connectivity index (χ3v) is 5.85. The molecule has 0 aromatic carbocycles. The van der Waals surface area contributed by atoms with Gasteiger partial charge in [-0.3, -0.25) is 14.7 Å². The second-order valence-corrected chi connectivity index (χ2v) is 7.56. The number of thiophene rings is 1. The van der Waals surface area contributed by atoms with E-state index in [1.54, 1.807) is 18.4 Å². The maximum atomic E-state index is 12.3. The lowest BCUT2D eigenvalue weighted by Crippen LogP contribution is -2.52. The molecule has 138 valence electrons. The fourth-order valence-corrected chi connectivity index (χ4v) is 3.91.